The van der Waals surface area contributed by atoms with E-state index >= 15 is 0 Å². The molecule has 0 spiro atoms. The van der Waals surface area contributed by atoms with Gasteiger partial charge in [-0.05, 0) is 50.1 Å². The van der Waals surface area contributed by atoms with Gasteiger partial charge in [0.15, 0.2) is 0 Å². The molecule has 0 aliphatic heterocycles. The second kappa shape index (κ2) is 7.63. The number of aryl methyl sites for hydroxylation is 1. The third kappa shape index (κ3) is 3.92. The lowest BCUT2D eigenvalue weighted by atomic mass is 10.1. The third-order valence-electron chi connectivity index (χ3n) is 3.69. The van der Waals surface area contributed by atoms with E-state index in [0.29, 0.717) is 21.8 Å². The van der Waals surface area contributed by atoms with Crippen LogP contribution in [0.4, 0.5) is 5.69 Å². The Morgan fingerprint density at radius 1 is 1.21 bits per heavy atom. The lowest BCUT2D eigenvalue weighted by Crippen LogP contribution is -2.14. The molecule has 2 aromatic rings. The summed E-state index contributed by atoms with van der Waals surface area (Å²) < 4.78 is 0. The maximum atomic E-state index is 12.1. The molecule has 0 aliphatic carbocycles. The van der Waals surface area contributed by atoms with Gasteiger partial charge in [-0.2, -0.15) is 10.5 Å². The Kier molecular flexibility index (Phi) is 5.57. The molecule has 120 valence electrons. The quantitative estimate of drug-likeness (QED) is 0.863. The second-order valence-corrected chi connectivity index (χ2v) is 6.23. The van der Waals surface area contributed by atoms with Crippen molar-refractivity contribution in [1.29, 1.82) is 10.5 Å². The number of thioether (sulfide) groups is 1. The highest BCUT2D eigenvalue weighted by molar-refractivity contribution is 8.00. The first-order chi connectivity index (χ1) is 11.5. The molecule has 0 atom stereocenters. The van der Waals surface area contributed by atoms with Gasteiger partial charge in [0.05, 0.1) is 22.9 Å². The van der Waals surface area contributed by atoms with Gasteiger partial charge in [-0.3, -0.25) is 4.79 Å². The maximum Gasteiger partial charge on any atom is 0.234 e. The molecule has 0 fully saturated rings. The largest absolute Gasteiger partial charge is 0.325 e. The number of aromatic nitrogens is 1. The second-order valence-electron chi connectivity index (χ2n) is 5.27. The molecule has 0 radical (unpaired) electrons. The minimum absolute atomic E-state index is 0.139. The van der Waals surface area contributed by atoms with E-state index < -0.39 is 0 Å². The molecule has 1 aromatic carbocycles. The molecular formula is C18H16N4OS. The van der Waals surface area contributed by atoms with Crippen LogP contribution in [-0.2, 0) is 4.79 Å². The van der Waals surface area contributed by atoms with E-state index in [1.165, 1.54) is 11.8 Å². The number of carbonyl (C=O) groups excluding carboxylic acids is 1. The highest BCUT2D eigenvalue weighted by atomic mass is 32.2. The minimum atomic E-state index is -0.211. The lowest BCUT2D eigenvalue weighted by molar-refractivity contribution is -0.113. The van der Waals surface area contributed by atoms with Crippen LogP contribution < -0.4 is 5.32 Å². The van der Waals surface area contributed by atoms with E-state index in [1.54, 1.807) is 24.3 Å². The monoisotopic (exact) mass is 336 g/mol. The van der Waals surface area contributed by atoms with Crippen LogP contribution in [0.5, 0.6) is 0 Å². The van der Waals surface area contributed by atoms with E-state index in [-0.39, 0.29) is 11.7 Å². The van der Waals surface area contributed by atoms with Crippen molar-refractivity contribution < 1.29 is 4.79 Å². The Balaban J connectivity index is 2.10. The van der Waals surface area contributed by atoms with Gasteiger partial charge >= 0.3 is 0 Å². The third-order valence-corrected chi connectivity index (χ3v) is 4.67. The number of carbonyl (C=O) groups is 1. The fraction of sp³-hybridized carbons (Fsp3) is 0.222. The van der Waals surface area contributed by atoms with Crippen LogP contribution in [0.15, 0.2) is 29.3 Å². The van der Waals surface area contributed by atoms with Crippen molar-refractivity contribution in [2.75, 3.05) is 11.1 Å². The summed E-state index contributed by atoms with van der Waals surface area (Å²) in [6.45, 7) is 5.71. The number of benzene rings is 1. The lowest BCUT2D eigenvalue weighted by Gasteiger charge is -2.11. The van der Waals surface area contributed by atoms with Crippen molar-refractivity contribution in [3.05, 3.63) is 52.2 Å². The summed E-state index contributed by atoms with van der Waals surface area (Å²) >= 11 is 1.24. The average molecular weight is 336 g/mol. The number of pyridine rings is 1. The van der Waals surface area contributed by atoms with Gasteiger partial charge in [-0.1, -0.05) is 17.8 Å². The van der Waals surface area contributed by atoms with Crippen LogP contribution in [0.25, 0.3) is 0 Å². The molecule has 1 N–H and O–H groups in total. The van der Waals surface area contributed by atoms with E-state index in [4.69, 9.17) is 5.26 Å². The summed E-state index contributed by atoms with van der Waals surface area (Å²) in [6, 6.07) is 10.9. The van der Waals surface area contributed by atoms with Gasteiger partial charge in [0.2, 0.25) is 5.91 Å². The van der Waals surface area contributed by atoms with Crippen LogP contribution in [-0.4, -0.2) is 16.6 Å². The molecule has 0 aliphatic rings. The van der Waals surface area contributed by atoms with Crippen LogP contribution >= 0.6 is 11.8 Å². The topological polar surface area (TPSA) is 89.6 Å². The number of anilines is 1. The van der Waals surface area contributed by atoms with Gasteiger partial charge in [-0.15, -0.1) is 0 Å². The molecular weight excluding hydrogens is 320 g/mol. The number of nitrogens with zero attached hydrogens (tertiary/aromatic N) is 3. The minimum Gasteiger partial charge on any atom is -0.325 e. The molecule has 1 amide bonds. The Bertz CT molecular complexity index is 878. The van der Waals surface area contributed by atoms with Crippen LogP contribution in [0.3, 0.4) is 0 Å². The maximum absolute atomic E-state index is 12.1. The Morgan fingerprint density at radius 3 is 2.62 bits per heavy atom. The zero-order valence-electron chi connectivity index (χ0n) is 13.7. The number of nitrogens with one attached hydrogen (secondary N) is 1. The SMILES string of the molecule is Cc1nc(SCC(=O)Nc2cccc(C#N)c2)c(C#N)c(C)c1C. The fourth-order valence-electron chi connectivity index (χ4n) is 2.14. The van der Waals surface area contributed by atoms with E-state index in [9.17, 15) is 10.1 Å². The highest BCUT2D eigenvalue weighted by Crippen LogP contribution is 2.26. The fourth-order valence-corrected chi connectivity index (χ4v) is 3.03. The van der Waals surface area contributed by atoms with Crippen molar-refractivity contribution in [1.82, 2.24) is 4.98 Å². The van der Waals surface area contributed by atoms with Crippen molar-refractivity contribution >= 4 is 23.4 Å². The highest BCUT2D eigenvalue weighted by Gasteiger charge is 2.14. The molecule has 24 heavy (non-hydrogen) atoms. The van der Waals surface area contributed by atoms with E-state index in [0.717, 1.165) is 16.8 Å². The van der Waals surface area contributed by atoms with Crippen LogP contribution in [0, 0.1) is 43.4 Å². The van der Waals surface area contributed by atoms with Gasteiger partial charge < -0.3 is 5.32 Å². The Hall–Kier alpha value is -2.83. The Labute approximate surface area is 145 Å². The van der Waals surface area contributed by atoms with Crippen molar-refractivity contribution in [3.63, 3.8) is 0 Å². The molecule has 0 bridgehead atoms. The number of hydrogen-bond donors (Lipinski definition) is 1. The van der Waals surface area contributed by atoms with E-state index in [2.05, 4.69) is 16.4 Å². The smallest absolute Gasteiger partial charge is 0.234 e. The first-order valence-electron chi connectivity index (χ1n) is 7.27. The first kappa shape index (κ1) is 17.5. The van der Waals surface area contributed by atoms with Crippen molar-refractivity contribution in [2.45, 2.75) is 25.8 Å². The van der Waals surface area contributed by atoms with Crippen molar-refractivity contribution in [3.8, 4) is 12.1 Å². The predicted molar refractivity (Wildman–Crippen MR) is 93.7 cm³/mol. The molecule has 1 heterocycles. The molecule has 0 saturated heterocycles. The first-order valence-corrected chi connectivity index (χ1v) is 8.25. The molecule has 0 unspecified atom stereocenters. The summed E-state index contributed by atoms with van der Waals surface area (Å²) in [5, 5.41) is 21.5. The van der Waals surface area contributed by atoms with Crippen molar-refractivity contribution in [2.24, 2.45) is 0 Å². The van der Waals surface area contributed by atoms with Gasteiger partial charge in [0, 0.05) is 11.4 Å². The van der Waals surface area contributed by atoms with Gasteiger partial charge in [-0.25, -0.2) is 4.98 Å². The molecule has 0 saturated carbocycles. The summed E-state index contributed by atoms with van der Waals surface area (Å²) in [5.74, 6) is -0.0721. The summed E-state index contributed by atoms with van der Waals surface area (Å²) in [4.78, 5) is 16.5. The zero-order valence-corrected chi connectivity index (χ0v) is 14.5. The van der Waals surface area contributed by atoms with Crippen LogP contribution in [0.1, 0.15) is 27.9 Å². The number of rotatable bonds is 4. The molecule has 1 aromatic heterocycles. The van der Waals surface area contributed by atoms with E-state index in [1.807, 2.05) is 26.8 Å². The number of amides is 1. The molecule has 2 rings (SSSR count). The standard InChI is InChI=1S/C18H16N4OS/c1-11-12(2)16(9-20)18(21-13(11)3)24-10-17(23)22-15-6-4-5-14(7-15)8-19/h4-7H,10H2,1-3H3,(H,22,23). The van der Waals surface area contributed by atoms with Gasteiger partial charge in [0.25, 0.3) is 0 Å². The molecule has 6 heteroatoms. The summed E-state index contributed by atoms with van der Waals surface area (Å²) in [7, 11) is 0. The Morgan fingerprint density at radius 2 is 1.96 bits per heavy atom. The summed E-state index contributed by atoms with van der Waals surface area (Å²) in [5.41, 5.74) is 4.32. The zero-order chi connectivity index (χ0) is 17.7. The normalized spacial score (nSPS) is 9.88. The number of nitriles is 2. The van der Waals surface area contributed by atoms with Gasteiger partial charge in [0.1, 0.15) is 11.1 Å². The summed E-state index contributed by atoms with van der Waals surface area (Å²) in [6.07, 6.45) is 0. The number of hydrogen-bond acceptors (Lipinski definition) is 5. The average Bonchev–Trinajstić information content (AvgIpc) is 2.58. The van der Waals surface area contributed by atoms with Crippen LogP contribution in [0.2, 0.25) is 0 Å². The molecule has 5 nitrogen and oxygen atoms in total. The predicted octanol–water partition coefficient (Wildman–Crippen LogP) is 3.48.